The summed E-state index contributed by atoms with van der Waals surface area (Å²) in [6.45, 7) is 3.06. The molecule has 7 nitrogen and oxygen atoms in total. The predicted molar refractivity (Wildman–Crippen MR) is 89.3 cm³/mol. The smallest absolute Gasteiger partial charge is 0.408 e. The second-order valence-corrected chi connectivity index (χ2v) is 5.20. The molecule has 8 heteroatoms. The van der Waals surface area contributed by atoms with Crippen LogP contribution in [0, 0.1) is 0 Å². The number of hydrogen-bond acceptors (Lipinski definition) is 5. The average Bonchev–Trinajstić information content (AvgIpc) is 2.50. The summed E-state index contributed by atoms with van der Waals surface area (Å²) in [5.41, 5.74) is 0.482. The van der Waals surface area contributed by atoms with Gasteiger partial charge in [-0.05, 0) is 12.1 Å². The fraction of sp³-hybridized carbons (Fsp3) is 0.467. The van der Waals surface area contributed by atoms with Crippen molar-refractivity contribution >= 4 is 30.1 Å². The van der Waals surface area contributed by atoms with Crippen molar-refractivity contribution < 1.29 is 19.1 Å². The van der Waals surface area contributed by atoms with E-state index in [1.165, 1.54) is 4.90 Å². The first-order valence-corrected chi connectivity index (χ1v) is 7.14. The lowest BCUT2D eigenvalue weighted by Crippen LogP contribution is -2.41. The van der Waals surface area contributed by atoms with Gasteiger partial charge in [-0.25, -0.2) is 4.79 Å². The molecule has 0 bridgehead atoms. The van der Waals surface area contributed by atoms with E-state index >= 15 is 0 Å². The van der Waals surface area contributed by atoms with Crippen LogP contribution in [0.5, 0.6) is 5.75 Å². The minimum Gasteiger partial charge on any atom is -0.408 e. The van der Waals surface area contributed by atoms with Gasteiger partial charge in [0.2, 0.25) is 5.91 Å². The normalized spacial score (nSPS) is 14.5. The van der Waals surface area contributed by atoms with E-state index in [0.29, 0.717) is 31.2 Å². The number of morpholine rings is 1. The first kappa shape index (κ1) is 19.2. The molecule has 0 spiro atoms. The van der Waals surface area contributed by atoms with Gasteiger partial charge < -0.3 is 19.7 Å². The third kappa shape index (κ3) is 6.05. The molecule has 2 amide bonds. The standard InChI is InChI=1S/C15H21N3O4.ClH/c1-17(2)15(20)22-13-6-4-3-5-12(13)16-14(19)11-18-7-9-21-10-8-18;/h3-6H,7-11H2,1-2H3,(H,16,19);1H. The third-order valence-corrected chi connectivity index (χ3v) is 3.19. The zero-order chi connectivity index (χ0) is 15.9. The molecule has 1 heterocycles. The highest BCUT2D eigenvalue weighted by molar-refractivity contribution is 5.94. The van der Waals surface area contributed by atoms with Crippen molar-refractivity contribution in [3.8, 4) is 5.75 Å². The molecule has 128 valence electrons. The van der Waals surface area contributed by atoms with Gasteiger partial charge in [-0.15, -0.1) is 12.4 Å². The Labute approximate surface area is 141 Å². The van der Waals surface area contributed by atoms with Crippen LogP contribution in [0.2, 0.25) is 0 Å². The van der Waals surface area contributed by atoms with E-state index in [-0.39, 0.29) is 18.3 Å². The molecule has 0 saturated carbocycles. The van der Waals surface area contributed by atoms with Crippen LogP contribution in [-0.2, 0) is 9.53 Å². The molecule has 0 atom stereocenters. The number of amides is 2. The Morgan fingerprint density at radius 2 is 1.91 bits per heavy atom. The van der Waals surface area contributed by atoms with Crippen molar-refractivity contribution in [1.82, 2.24) is 9.80 Å². The van der Waals surface area contributed by atoms with Gasteiger partial charge in [-0.3, -0.25) is 9.69 Å². The van der Waals surface area contributed by atoms with Crippen molar-refractivity contribution in [2.24, 2.45) is 0 Å². The molecular weight excluding hydrogens is 322 g/mol. The van der Waals surface area contributed by atoms with Crippen molar-refractivity contribution in [2.75, 3.05) is 52.3 Å². The van der Waals surface area contributed by atoms with Gasteiger partial charge in [0.1, 0.15) is 0 Å². The second-order valence-electron chi connectivity index (χ2n) is 5.20. The lowest BCUT2D eigenvalue weighted by atomic mass is 10.3. The first-order valence-electron chi connectivity index (χ1n) is 7.14. The highest BCUT2D eigenvalue weighted by Crippen LogP contribution is 2.24. The number of nitrogens with one attached hydrogen (secondary N) is 1. The predicted octanol–water partition coefficient (Wildman–Crippen LogP) is 1.44. The minimum atomic E-state index is -0.491. The van der Waals surface area contributed by atoms with Crippen molar-refractivity contribution in [3.63, 3.8) is 0 Å². The summed E-state index contributed by atoms with van der Waals surface area (Å²) in [7, 11) is 3.20. The fourth-order valence-electron chi connectivity index (χ4n) is 2.00. The van der Waals surface area contributed by atoms with E-state index < -0.39 is 6.09 Å². The van der Waals surface area contributed by atoms with Crippen LogP contribution >= 0.6 is 12.4 Å². The number of carbonyl (C=O) groups excluding carboxylic acids is 2. The lowest BCUT2D eigenvalue weighted by Gasteiger charge is -2.25. The maximum atomic E-state index is 12.1. The summed E-state index contributed by atoms with van der Waals surface area (Å²) in [4.78, 5) is 27.1. The number of halogens is 1. The highest BCUT2D eigenvalue weighted by atomic mass is 35.5. The molecule has 0 aliphatic carbocycles. The maximum Gasteiger partial charge on any atom is 0.414 e. The topological polar surface area (TPSA) is 71.1 Å². The molecule has 1 aromatic rings. The van der Waals surface area contributed by atoms with Crippen LogP contribution < -0.4 is 10.1 Å². The summed E-state index contributed by atoms with van der Waals surface area (Å²) >= 11 is 0. The van der Waals surface area contributed by atoms with E-state index in [1.807, 2.05) is 4.90 Å². The van der Waals surface area contributed by atoms with Crippen molar-refractivity contribution in [2.45, 2.75) is 0 Å². The van der Waals surface area contributed by atoms with Gasteiger partial charge in [-0.1, -0.05) is 12.1 Å². The number of para-hydroxylation sites is 2. The van der Waals surface area contributed by atoms with Crippen LogP contribution in [0.1, 0.15) is 0 Å². The Morgan fingerprint density at radius 3 is 2.57 bits per heavy atom. The van der Waals surface area contributed by atoms with Gasteiger partial charge >= 0.3 is 6.09 Å². The van der Waals surface area contributed by atoms with Crippen molar-refractivity contribution in [3.05, 3.63) is 24.3 Å². The number of benzene rings is 1. The Kier molecular flexibility index (Phi) is 7.80. The van der Waals surface area contributed by atoms with Crippen LogP contribution in [0.25, 0.3) is 0 Å². The number of anilines is 1. The summed E-state index contributed by atoms with van der Waals surface area (Å²) in [6, 6.07) is 6.87. The Hall–Kier alpha value is -1.83. The van der Waals surface area contributed by atoms with E-state index in [2.05, 4.69) is 5.32 Å². The van der Waals surface area contributed by atoms with Gasteiger partial charge in [0, 0.05) is 27.2 Å². The average molecular weight is 344 g/mol. The largest absolute Gasteiger partial charge is 0.414 e. The minimum absolute atomic E-state index is 0. The summed E-state index contributed by atoms with van der Waals surface area (Å²) in [6.07, 6.45) is -0.491. The molecule has 1 aliphatic rings. The fourth-order valence-corrected chi connectivity index (χ4v) is 2.00. The molecule has 2 rings (SSSR count). The Morgan fingerprint density at radius 1 is 1.26 bits per heavy atom. The number of hydrogen-bond donors (Lipinski definition) is 1. The second kappa shape index (κ2) is 9.34. The lowest BCUT2D eigenvalue weighted by molar-refractivity contribution is -0.118. The molecule has 23 heavy (non-hydrogen) atoms. The first-order chi connectivity index (χ1) is 10.6. The zero-order valence-corrected chi connectivity index (χ0v) is 14.1. The van der Waals surface area contributed by atoms with Crippen LogP contribution in [0.3, 0.4) is 0 Å². The Bertz CT molecular complexity index is 533. The summed E-state index contributed by atoms with van der Waals surface area (Å²) in [5, 5.41) is 2.78. The van der Waals surface area contributed by atoms with Crippen LogP contribution in [-0.4, -0.2) is 68.7 Å². The van der Waals surface area contributed by atoms with E-state index in [0.717, 1.165) is 13.1 Å². The molecule has 1 N–H and O–H groups in total. The zero-order valence-electron chi connectivity index (χ0n) is 13.3. The molecule has 0 aromatic heterocycles. The summed E-state index contributed by atoms with van der Waals surface area (Å²) < 4.78 is 10.5. The highest BCUT2D eigenvalue weighted by Gasteiger charge is 2.16. The van der Waals surface area contributed by atoms with Gasteiger partial charge in [0.25, 0.3) is 0 Å². The van der Waals surface area contributed by atoms with Crippen LogP contribution in [0.15, 0.2) is 24.3 Å². The summed E-state index contributed by atoms with van der Waals surface area (Å²) in [5.74, 6) is 0.187. The van der Waals surface area contributed by atoms with Crippen molar-refractivity contribution in [1.29, 1.82) is 0 Å². The third-order valence-electron chi connectivity index (χ3n) is 3.19. The number of carbonyl (C=O) groups is 2. The van der Waals surface area contributed by atoms with E-state index in [9.17, 15) is 9.59 Å². The van der Waals surface area contributed by atoms with Gasteiger partial charge in [0.15, 0.2) is 5.75 Å². The molecule has 1 aromatic carbocycles. The maximum absolute atomic E-state index is 12.1. The number of rotatable bonds is 4. The van der Waals surface area contributed by atoms with Crippen LogP contribution in [0.4, 0.5) is 10.5 Å². The SMILES string of the molecule is CN(C)C(=O)Oc1ccccc1NC(=O)CN1CCOCC1.Cl. The molecule has 1 aliphatic heterocycles. The number of nitrogens with zero attached hydrogens (tertiary/aromatic N) is 2. The molecule has 1 saturated heterocycles. The quantitative estimate of drug-likeness (QED) is 0.895. The molecular formula is C15H22ClN3O4. The van der Waals surface area contributed by atoms with Gasteiger partial charge in [-0.2, -0.15) is 0 Å². The Balaban J connectivity index is 0.00000264. The van der Waals surface area contributed by atoms with Gasteiger partial charge in [0.05, 0.1) is 25.4 Å². The number of ether oxygens (including phenoxy) is 2. The van der Waals surface area contributed by atoms with E-state index in [1.54, 1.807) is 38.4 Å². The monoisotopic (exact) mass is 343 g/mol. The molecule has 0 unspecified atom stereocenters. The molecule has 0 radical (unpaired) electrons. The molecule has 1 fully saturated rings. The van der Waals surface area contributed by atoms with E-state index in [4.69, 9.17) is 9.47 Å².